The van der Waals surface area contributed by atoms with E-state index in [1.54, 1.807) is 0 Å². The molecule has 3 rings (SSSR count). The number of ether oxygens (including phenoxy) is 1. The van der Waals surface area contributed by atoms with Gasteiger partial charge in [-0.05, 0) is 24.3 Å². The molecule has 0 aliphatic carbocycles. The van der Waals surface area contributed by atoms with Gasteiger partial charge in [0.2, 0.25) is 11.7 Å². The van der Waals surface area contributed by atoms with Gasteiger partial charge < -0.3 is 15.0 Å². The molecule has 1 saturated heterocycles. The Morgan fingerprint density at radius 2 is 1.86 bits per heavy atom. The first kappa shape index (κ1) is 15.9. The van der Waals surface area contributed by atoms with E-state index in [0.717, 1.165) is 49.5 Å². The van der Waals surface area contributed by atoms with Crippen LogP contribution in [0.1, 0.15) is 24.3 Å². The van der Waals surface area contributed by atoms with Crippen LogP contribution in [0.5, 0.6) is 0 Å². The number of aromatic nitrogens is 2. The third kappa shape index (κ3) is 4.03. The quantitative estimate of drug-likeness (QED) is 0.939. The average Bonchev–Trinajstić information content (AvgIpc) is 2.97. The highest BCUT2D eigenvalue weighted by Crippen LogP contribution is 2.21. The second-order valence-corrected chi connectivity index (χ2v) is 5.17. The Balaban J connectivity index is 0.00000161. The predicted octanol–water partition coefficient (Wildman–Crippen LogP) is 2.59. The van der Waals surface area contributed by atoms with Crippen molar-refractivity contribution in [1.82, 2.24) is 10.1 Å². The Kier molecular flexibility index (Phi) is 5.73. The molecule has 21 heavy (non-hydrogen) atoms. The van der Waals surface area contributed by atoms with Crippen molar-refractivity contribution in [2.75, 3.05) is 13.2 Å². The number of hydrogen-bond donors (Lipinski definition) is 1. The van der Waals surface area contributed by atoms with Crippen molar-refractivity contribution >= 4 is 12.4 Å². The molecule has 0 spiro atoms. The van der Waals surface area contributed by atoms with Crippen LogP contribution in [0.25, 0.3) is 11.4 Å². The van der Waals surface area contributed by atoms with Crippen molar-refractivity contribution < 1.29 is 9.26 Å². The minimum Gasteiger partial charge on any atom is -0.381 e. The van der Waals surface area contributed by atoms with E-state index in [2.05, 4.69) is 10.1 Å². The molecule has 114 valence electrons. The van der Waals surface area contributed by atoms with Crippen LogP contribution in [0.3, 0.4) is 0 Å². The lowest BCUT2D eigenvalue weighted by atomic mass is 9.97. The maximum Gasteiger partial charge on any atom is 0.227 e. The SMILES string of the molecule is Cl.NCc1ccc(-c2noc(CC3CCOCC3)n2)cc1. The molecule has 1 aromatic carbocycles. The second-order valence-electron chi connectivity index (χ2n) is 5.17. The van der Waals surface area contributed by atoms with Gasteiger partial charge in [0.25, 0.3) is 0 Å². The molecule has 2 heterocycles. The summed E-state index contributed by atoms with van der Waals surface area (Å²) in [7, 11) is 0. The molecule has 0 atom stereocenters. The summed E-state index contributed by atoms with van der Waals surface area (Å²) in [4.78, 5) is 4.48. The molecule has 0 radical (unpaired) electrons. The third-order valence-electron chi connectivity index (χ3n) is 3.72. The Hall–Kier alpha value is -1.43. The molecule has 2 N–H and O–H groups in total. The summed E-state index contributed by atoms with van der Waals surface area (Å²) in [5.74, 6) is 1.96. The number of nitrogens with zero attached hydrogens (tertiary/aromatic N) is 2. The molecule has 0 bridgehead atoms. The van der Waals surface area contributed by atoms with Gasteiger partial charge in [0.15, 0.2) is 0 Å². The van der Waals surface area contributed by atoms with Crippen LogP contribution in [0.15, 0.2) is 28.8 Å². The Bertz CT molecular complexity index is 550. The normalized spacial score (nSPS) is 15.7. The highest BCUT2D eigenvalue weighted by atomic mass is 35.5. The van der Waals surface area contributed by atoms with Crippen LogP contribution in [-0.2, 0) is 17.7 Å². The summed E-state index contributed by atoms with van der Waals surface area (Å²) in [5.41, 5.74) is 7.65. The lowest BCUT2D eigenvalue weighted by molar-refractivity contribution is 0.0642. The standard InChI is InChI=1S/C15H19N3O2.ClH/c16-10-12-1-3-13(4-2-12)15-17-14(20-18-15)9-11-5-7-19-8-6-11;/h1-4,11H,5-10,16H2;1H. The van der Waals surface area contributed by atoms with Gasteiger partial charge in [-0.2, -0.15) is 4.98 Å². The van der Waals surface area contributed by atoms with Crippen molar-refractivity contribution in [2.24, 2.45) is 11.7 Å². The number of nitrogens with two attached hydrogens (primary N) is 1. The summed E-state index contributed by atoms with van der Waals surface area (Å²) in [6.45, 7) is 2.22. The molecule has 6 heteroatoms. The van der Waals surface area contributed by atoms with Gasteiger partial charge in [0.1, 0.15) is 0 Å². The molecule has 2 aromatic rings. The van der Waals surface area contributed by atoms with Gasteiger partial charge in [-0.3, -0.25) is 0 Å². The number of rotatable bonds is 4. The number of halogens is 1. The summed E-state index contributed by atoms with van der Waals surface area (Å²) < 4.78 is 10.7. The molecular weight excluding hydrogens is 290 g/mol. The molecular formula is C15H20ClN3O2. The first-order valence-corrected chi connectivity index (χ1v) is 7.05. The van der Waals surface area contributed by atoms with Crippen molar-refractivity contribution in [2.45, 2.75) is 25.8 Å². The maximum atomic E-state index is 5.59. The zero-order valence-electron chi connectivity index (χ0n) is 11.8. The smallest absolute Gasteiger partial charge is 0.227 e. The number of benzene rings is 1. The first-order chi connectivity index (χ1) is 9.85. The van der Waals surface area contributed by atoms with Gasteiger partial charge in [-0.25, -0.2) is 0 Å². The topological polar surface area (TPSA) is 74.2 Å². The fraction of sp³-hybridized carbons (Fsp3) is 0.467. The molecule has 1 aromatic heterocycles. The fourth-order valence-electron chi connectivity index (χ4n) is 2.44. The average molecular weight is 310 g/mol. The van der Waals surface area contributed by atoms with Gasteiger partial charge in [0, 0.05) is 31.7 Å². The minimum atomic E-state index is 0. The summed E-state index contributed by atoms with van der Waals surface area (Å²) in [6, 6.07) is 7.93. The van der Waals surface area contributed by atoms with Crippen molar-refractivity contribution in [1.29, 1.82) is 0 Å². The summed E-state index contributed by atoms with van der Waals surface area (Å²) in [6.07, 6.45) is 2.99. The molecule has 1 aliphatic heterocycles. The molecule has 1 aliphatic rings. The molecule has 1 fully saturated rings. The van der Waals surface area contributed by atoms with Crippen molar-refractivity contribution in [3.05, 3.63) is 35.7 Å². The van der Waals surface area contributed by atoms with E-state index in [0.29, 0.717) is 18.3 Å². The Morgan fingerprint density at radius 3 is 2.52 bits per heavy atom. The van der Waals surface area contributed by atoms with Crippen molar-refractivity contribution in [3.8, 4) is 11.4 Å². The molecule has 0 amide bonds. The number of hydrogen-bond acceptors (Lipinski definition) is 5. The zero-order chi connectivity index (χ0) is 13.8. The van der Waals surface area contributed by atoms with E-state index >= 15 is 0 Å². The highest BCUT2D eigenvalue weighted by Gasteiger charge is 2.18. The Labute approximate surface area is 130 Å². The second kappa shape index (κ2) is 7.54. The van der Waals surface area contributed by atoms with E-state index in [1.165, 1.54) is 0 Å². The zero-order valence-corrected chi connectivity index (χ0v) is 12.6. The maximum absolute atomic E-state index is 5.59. The van der Waals surface area contributed by atoms with Crippen LogP contribution in [-0.4, -0.2) is 23.4 Å². The van der Waals surface area contributed by atoms with E-state index in [4.69, 9.17) is 15.0 Å². The fourth-order valence-corrected chi connectivity index (χ4v) is 2.44. The molecule has 0 saturated carbocycles. The Morgan fingerprint density at radius 1 is 1.14 bits per heavy atom. The highest BCUT2D eigenvalue weighted by molar-refractivity contribution is 5.85. The van der Waals surface area contributed by atoms with Gasteiger partial charge in [-0.15, -0.1) is 12.4 Å². The minimum absolute atomic E-state index is 0. The van der Waals surface area contributed by atoms with Gasteiger partial charge in [0.05, 0.1) is 0 Å². The summed E-state index contributed by atoms with van der Waals surface area (Å²) >= 11 is 0. The third-order valence-corrected chi connectivity index (χ3v) is 3.72. The van der Waals surface area contributed by atoms with E-state index in [-0.39, 0.29) is 12.4 Å². The van der Waals surface area contributed by atoms with E-state index in [9.17, 15) is 0 Å². The molecule has 5 nitrogen and oxygen atoms in total. The summed E-state index contributed by atoms with van der Waals surface area (Å²) in [5, 5.41) is 4.06. The van der Waals surface area contributed by atoms with Crippen LogP contribution < -0.4 is 5.73 Å². The van der Waals surface area contributed by atoms with Crippen molar-refractivity contribution in [3.63, 3.8) is 0 Å². The molecule has 0 unspecified atom stereocenters. The van der Waals surface area contributed by atoms with Crippen LogP contribution in [0.4, 0.5) is 0 Å². The van der Waals surface area contributed by atoms with E-state index < -0.39 is 0 Å². The van der Waals surface area contributed by atoms with Crippen LogP contribution in [0.2, 0.25) is 0 Å². The van der Waals surface area contributed by atoms with Gasteiger partial charge >= 0.3 is 0 Å². The predicted molar refractivity (Wildman–Crippen MR) is 82.1 cm³/mol. The monoisotopic (exact) mass is 309 g/mol. The van der Waals surface area contributed by atoms with Crippen LogP contribution in [0, 0.1) is 5.92 Å². The first-order valence-electron chi connectivity index (χ1n) is 7.05. The largest absolute Gasteiger partial charge is 0.381 e. The van der Waals surface area contributed by atoms with E-state index in [1.807, 2.05) is 24.3 Å². The lowest BCUT2D eigenvalue weighted by Crippen LogP contribution is -2.17. The van der Waals surface area contributed by atoms with Crippen LogP contribution >= 0.6 is 12.4 Å². The lowest BCUT2D eigenvalue weighted by Gasteiger charge is -2.19. The van der Waals surface area contributed by atoms with Gasteiger partial charge in [-0.1, -0.05) is 29.4 Å².